The molecule has 0 rings (SSSR count). The average molecular weight is 136 g/mol. The Balaban J connectivity index is 3.57. The molecule has 0 aliphatic carbocycles. The van der Waals surface area contributed by atoms with Crippen LogP contribution in [-0.2, 0) is 4.57 Å². The van der Waals surface area contributed by atoms with Gasteiger partial charge in [-0.1, -0.05) is 12.2 Å². The first-order valence-electron chi connectivity index (χ1n) is 2.22. The molecule has 0 aromatic heterocycles. The lowest BCUT2D eigenvalue weighted by molar-refractivity contribution is 0.377. The number of allylic oxidation sites excluding steroid dienone is 2. The zero-order valence-electron chi connectivity index (χ0n) is 4.61. The molecule has 0 fully saturated rings. The van der Waals surface area contributed by atoms with E-state index < -0.39 is 7.60 Å². The van der Waals surface area contributed by atoms with Crippen LogP contribution in [0.4, 0.5) is 0 Å². The molecule has 0 amide bonds. The van der Waals surface area contributed by atoms with Crippen LogP contribution < -0.4 is 0 Å². The molecule has 0 spiro atoms. The fourth-order valence-electron chi connectivity index (χ4n) is 0.243. The summed E-state index contributed by atoms with van der Waals surface area (Å²) in [5.74, 6) is 0. The first-order chi connectivity index (χ1) is 3.56. The molecule has 0 aliphatic heterocycles. The van der Waals surface area contributed by atoms with Crippen molar-refractivity contribution in [3.05, 3.63) is 12.2 Å². The Labute approximate surface area is 48.2 Å². The SMILES string of the molecule is C/C=C/CP(=O)(O)O. The minimum Gasteiger partial charge on any atom is -0.324 e. The number of hydrogen-bond donors (Lipinski definition) is 2. The van der Waals surface area contributed by atoms with E-state index in [0.717, 1.165) is 0 Å². The second-order valence-electron chi connectivity index (χ2n) is 1.42. The molecule has 8 heavy (non-hydrogen) atoms. The third-order valence-corrected chi connectivity index (χ3v) is 1.27. The molecule has 0 saturated carbocycles. The number of rotatable bonds is 2. The van der Waals surface area contributed by atoms with Crippen molar-refractivity contribution >= 4 is 7.60 Å². The van der Waals surface area contributed by atoms with Gasteiger partial charge < -0.3 is 9.79 Å². The van der Waals surface area contributed by atoms with Gasteiger partial charge in [0, 0.05) is 0 Å². The molecule has 48 valence electrons. The molecule has 0 heterocycles. The van der Waals surface area contributed by atoms with Crippen LogP contribution in [0.2, 0.25) is 0 Å². The molecule has 0 aromatic carbocycles. The van der Waals surface area contributed by atoms with E-state index in [1.807, 2.05) is 0 Å². The summed E-state index contributed by atoms with van der Waals surface area (Å²) in [7, 11) is -3.77. The summed E-state index contributed by atoms with van der Waals surface area (Å²) < 4.78 is 10.0. The second-order valence-corrected chi connectivity index (χ2v) is 3.11. The summed E-state index contributed by atoms with van der Waals surface area (Å²) in [4.78, 5) is 16.4. The maximum Gasteiger partial charge on any atom is 0.329 e. The smallest absolute Gasteiger partial charge is 0.324 e. The maximum absolute atomic E-state index is 10.0. The van der Waals surface area contributed by atoms with E-state index in [-0.39, 0.29) is 6.16 Å². The lowest BCUT2D eigenvalue weighted by Gasteiger charge is -1.94. The summed E-state index contributed by atoms with van der Waals surface area (Å²) >= 11 is 0. The first kappa shape index (κ1) is 7.89. The van der Waals surface area contributed by atoms with Crippen molar-refractivity contribution in [2.45, 2.75) is 6.92 Å². The molecule has 0 unspecified atom stereocenters. The second kappa shape index (κ2) is 3.02. The molecule has 0 atom stereocenters. The summed E-state index contributed by atoms with van der Waals surface area (Å²) in [5.41, 5.74) is 0. The van der Waals surface area contributed by atoms with E-state index in [1.165, 1.54) is 6.08 Å². The van der Waals surface area contributed by atoms with Crippen molar-refractivity contribution in [1.29, 1.82) is 0 Å². The van der Waals surface area contributed by atoms with Gasteiger partial charge >= 0.3 is 7.60 Å². The van der Waals surface area contributed by atoms with Gasteiger partial charge in [-0.15, -0.1) is 0 Å². The zero-order valence-corrected chi connectivity index (χ0v) is 5.51. The summed E-state index contributed by atoms with van der Waals surface area (Å²) in [6, 6.07) is 0. The van der Waals surface area contributed by atoms with Gasteiger partial charge in [0.2, 0.25) is 0 Å². The number of hydrogen-bond acceptors (Lipinski definition) is 1. The largest absolute Gasteiger partial charge is 0.329 e. The maximum atomic E-state index is 10.0. The fraction of sp³-hybridized carbons (Fsp3) is 0.500. The molecule has 0 radical (unpaired) electrons. The lowest BCUT2D eigenvalue weighted by atomic mass is 10.6. The van der Waals surface area contributed by atoms with Crippen molar-refractivity contribution in [1.82, 2.24) is 0 Å². The van der Waals surface area contributed by atoms with E-state index >= 15 is 0 Å². The molecule has 0 aliphatic rings. The van der Waals surface area contributed by atoms with Gasteiger partial charge in [0.05, 0.1) is 6.16 Å². The Kier molecular flexibility index (Phi) is 2.98. The van der Waals surface area contributed by atoms with E-state index in [4.69, 9.17) is 9.79 Å². The molecule has 0 saturated heterocycles. The zero-order chi connectivity index (χ0) is 6.62. The van der Waals surface area contributed by atoms with Gasteiger partial charge in [0.15, 0.2) is 0 Å². The monoisotopic (exact) mass is 136 g/mol. The van der Waals surface area contributed by atoms with Crippen LogP contribution in [0.3, 0.4) is 0 Å². The highest BCUT2D eigenvalue weighted by Gasteiger charge is 2.07. The standard InChI is InChI=1S/C4H9O3P/c1-2-3-4-8(5,6)7/h2-3H,4H2,1H3,(H2,5,6,7)/b3-2+. The molecule has 0 bridgehead atoms. The van der Waals surface area contributed by atoms with Crippen LogP contribution in [-0.4, -0.2) is 15.9 Å². The highest BCUT2D eigenvalue weighted by atomic mass is 31.2. The topological polar surface area (TPSA) is 57.5 Å². The molecule has 2 N–H and O–H groups in total. The van der Waals surface area contributed by atoms with Crippen LogP contribution in [0.1, 0.15) is 6.92 Å². The van der Waals surface area contributed by atoms with E-state index in [2.05, 4.69) is 0 Å². The molecular weight excluding hydrogens is 127 g/mol. The predicted octanol–water partition coefficient (Wildman–Crippen LogP) is 0.740. The van der Waals surface area contributed by atoms with E-state index in [9.17, 15) is 4.57 Å². The van der Waals surface area contributed by atoms with E-state index in [0.29, 0.717) is 0 Å². The summed E-state index contributed by atoms with van der Waals surface area (Å²) in [5, 5.41) is 0. The Hall–Kier alpha value is -0.110. The minimum atomic E-state index is -3.77. The Morgan fingerprint density at radius 1 is 1.62 bits per heavy atom. The Morgan fingerprint density at radius 3 is 2.25 bits per heavy atom. The fourth-order valence-corrected chi connectivity index (χ4v) is 0.728. The van der Waals surface area contributed by atoms with Crippen LogP contribution in [0.25, 0.3) is 0 Å². The highest BCUT2D eigenvalue weighted by molar-refractivity contribution is 7.51. The van der Waals surface area contributed by atoms with Crippen LogP contribution in [0, 0.1) is 0 Å². The predicted molar refractivity (Wildman–Crippen MR) is 31.7 cm³/mol. The Morgan fingerprint density at radius 2 is 2.12 bits per heavy atom. The lowest BCUT2D eigenvalue weighted by Crippen LogP contribution is -1.79. The Bertz CT molecular complexity index is 123. The molecular formula is C4H9O3P. The quantitative estimate of drug-likeness (QED) is 0.434. The average Bonchev–Trinajstić information content (AvgIpc) is 1.59. The first-order valence-corrected chi connectivity index (χ1v) is 4.02. The van der Waals surface area contributed by atoms with Gasteiger partial charge in [-0.2, -0.15) is 0 Å². The summed E-state index contributed by atoms with van der Waals surface area (Å²) in [6.45, 7) is 1.72. The third kappa shape index (κ3) is 5.89. The minimum absolute atomic E-state index is 0.149. The van der Waals surface area contributed by atoms with Crippen molar-refractivity contribution in [2.24, 2.45) is 0 Å². The van der Waals surface area contributed by atoms with Crippen molar-refractivity contribution in [3.63, 3.8) is 0 Å². The van der Waals surface area contributed by atoms with Gasteiger partial charge in [0.25, 0.3) is 0 Å². The molecule has 4 heteroatoms. The van der Waals surface area contributed by atoms with Crippen molar-refractivity contribution in [3.8, 4) is 0 Å². The van der Waals surface area contributed by atoms with Gasteiger partial charge in [-0.25, -0.2) is 0 Å². The van der Waals surface area contributed by atoms with Crippen LogP contribution in [0.5, 0.6) is 0 Å². The van der Waals surface area contributed by atoms with Gasteiger partial charge in [0.1, 0.15) is 0 Å². The molecule has 3 nitrogen and oxygen atoms in total. The van der Waals surface area contributed by atoms with Crippen molar-refractivity contribution in [2.75, 3.05) is 6.16 Å². The van der Waals surface area contributed by atoms with Gasteiger partial charge in [-0.05, 0) is 6.92 Å². The normalized spacial score (nSPS) is 12.9. The van der Waals surface area contributed by atoms with Crippen LogP contribution >= 0.6 is 7.60 Å². The van der Waals surface area contributed by atoms with Gasteiger partial charge in [-0.3, -0.25) is 4.57 Å². The van der Waals surface area contributed by atoms with Crippen LogP contribution in [0.15, 0.2) is 12.2 Å². The highest BCUT2D eigenvalue weighted by Crippen LogP contribution is 2.33. The van der Waals surface area contributed by atoms with Crippen molar-refractivity contribution < 1.29 is 14.4 Å². The summed E-state index contributed by atoms with van der Waals surface area (Å²) in [6.07, 6.45) is 2.91. The molecule has 0 aromatic rings. The third-order valence-electron chi connectivity index (χ3n) is 0.579. The van der Waals surface area contributed by atoms with E-state index in [1.54, 1.807) is 13.0 Å².